The highest BCUT2D eigenvalue weighted by molar-refractivity contribution is 8.22. The van der Waals surface area contributed by atoms with Crippen LogP contribution >= 0.6 is 24.2 Å². The number of hydrogen-bond acceptors (Lipinski definition) is 4. The van der Waals surface area contributed by atoms with Crippen molar-refractivity contribution < 1.29 is 9.59 Å². The lowest BCUT2D eigenvalue weighted by Crippen LogP contribution is -2.22. The summed E-state index contributed by atoms with van der Waals surface area (Å²) in [5.41, 5.74) is 0. The molecular weight excluding hydrogens is 206 g/mol. The molecule has 13 heavy (non-hydrogen) atoms. The standard InChI is InChI=1S/C8H11NO2S2/c1-2-3-8(12)13-9-6(10)4-5-7(9)11/h2-5H2,1H3. The highest BCUT2D eigenvalue weighted by Crippen LogP contribution is 2.24. The average Bonchev–Trinajstić information content (AvgIpc) is 2.36. The molecule has 0 radical (unpaired) electrons. The lowest BCUT2D eigenvalue weighted by atomic mass is 10.4. The van der Waals surface area contributed by atoms with Crippen LogP contribution in [0.1, 0.15) is 32.6 Å². The first-order chi connectivity index (χ1) is 6.15. The van der Waals surface area contributed by atoms with E-state index < -0.39 is 0 Å². The number of carbonyl (C=O) groups is 2. The van der Waals surface area contributed by atoms with Crippen LogP contribution in [0.4, 0.5) is 0 Å². The normalized spacial score (nSPS) is 16.8. The van der Waals surface area contributed by atoms with Gasteiger partial charge in [0.15, 0.2) is 0 Å². The zero-order valence-electron chi connectivity index (χ0n) is 7.41. The molecule has 0 aromatic carbocycles. The molecule has 1 rings (SSSR count). The van der Waals surface area contributed by atoms with Crippen molar-refractivity contribution >= 4 is 40.2 Å². The molecule has 1 saturated heterocycles. The third-order valence-corrected chi connectivity index (χ3v) is 3.08. The Morgan fingerprint density at radius 3 is 2.46 bits per heavy atom. The third-order valence-electron chi connectivity index (χ3n) is 1.65. The van der Waals surface area contributed by atoms with Crippen LogP contribution in [0.2, 0.25) is 0 Å². The quantitative estimate of drug-likeness (QED) is 0.411. The van der Waals surface area contributed by atoms with Crippen LogP contribution in [-0.4, -0.2) is 20.3 Å². The Bertz CT molecular complexity index is 237. The predicted octanol–water partition coefficient (Wildman–Crippen LogP) is 1.91. The molecule has 1 heterocycles. The van der Waals surface area contributed by atoms with Crippen LogP contribution in [0.5, 0.6) is 0 Å². The minimum atomic E-state index is -0.117. The van der Waals surface area contributed by atoms with Gasteiger partial charge in [-0.2, -0.15) is 0 Å². The Morgan fingerprint density at radius 1 is 1.46 bits per heavy atom. The number of imide groups is 1. The van der Waals surface area contributed by atoms with Gasteiger partial charge < -0.3 is 0 Å². The summed E-state index contributed by atoms with van der Waals surface area (Å²) in [7, 11) is 0. The van der Waals surface area contributed by atoms with Crippen LogP contribution < -0.4 is 0 Å². The first kappa shape index (κ1) is 10.7. The van der Waals surface area contributed by atoms with Crippen molar-refractivity contribution in [1.82, 2.24) is 4.31 Å². The summed E-state index contributed by atoms with van der Waals surface area (Å²) in [6.45, 7) is 2.01. The SMILES string of the molecule is CCCC(=S)SN1C(=O)CCC1=O. The molecule has 0 spiro atoms. The largest absolute Gasteiger partial charge is 0.273 e. The van der Waals surface area contributed by atoms with Gasteiger partial charge in [-0.05, 0) is 6.42 Å². The fourth-order valence-corrected chi connectivity index (χ4v) is 2.32. The Kier molecular flexibility index (Phi) is 3.87. The van der Waals surface area contributed by atoms with Crippen LogP contribution in [-0.2, 0) is 9.59 Å². The van der Waals surface area contributed by atoms with E-state index in [2.05, 4.69) is 0 Å². The molecular formula is C8H11NO2S2. The van der Waals surface area contributed by atoms with Crippen molar-refractivity contribution in [2.75, 3.05) is 0 Å². The average molecular weight is 217 g/mol. The van der Waals surface area contributed by atoms with Crippen LogP contribution in [0.25, 0.3) is 0 Å². The number of nitrogens with zero attached hydrogens (tertiary/aromatic N) is 1. The molecule has 72 valence electrons. The number of hydrogen-bond donors (Lipinski definition) is 0. The fraction of sp³-hybridized carbons (Fsp3) is 0.625. The molecule has 0 N–H and O–H groups in total. The van der Waals surface area contributed by atoms with Gasteiger partial charge in [0.1, 0.15) is 0 Å². The van der Waals surface area contributed by atoms with E-state index in [0.717, 1.165) is 24.8 Å². The molecule has 5 heteroatoms. The summed E-state index contributed by atoms with van der Waals surface area (Å²) in [6, 6.07) is 0. The topological polar surface area (TPSA) is 37.4 Å². The summed E-state index contributed by atoms with van der Waals surface area (Å²) >= 11 is 6.13. The van der Waals surface area contributed by atoms with Gasteiger partial charge in [0.05, 0.1) is 4.20 Å². The molecule has 0 saturated carbocycles. The van der Waals surface area contributed by atoms with Gasteiger partial charge in [0.2, 0.25) is 11.8 Å². The van der Waals surface area contributed by atoms with Gasteiger partial charge in [-0.1, -0.05) is 25.6 Å². The summed E-state index contributed by atoms with van der Waals surface area (Å²) in [4.78, 5) is 22.3. The highest BCUT2D eigenvalue weighted by atomic mass is 32.2. The minimum absolute atomic E-state index is 0.117. The second-order valence-electron chi connectivity index (χ2n) is 2.80. The molecule has 0 aromatic rings. The number of thiocarbonyl (C=S) groups is 1. The smallest absolute Gasteiger partial charge is 0.240 e. The van der Waals surface area contributed by atoms with E-state index in [-0.39, 0.29) is 11.8 Å². The zero-order chi connectivity index (χ0) is 9.84. The number of carbonyl (C=O) groups excluding carboxylic acids is 2. The van der Waals surface area contributed by atoms with Gasteiger partial charge in [0, 0.05) is 24.8 Å². The second-order valence-corrected chi connectivity index (χ2v) is 4.59. The first-order valence-electron chi connectivity index (χ1n) is 4.21. The maximum atomic E-state index is 11.1. The maximum Gasteiger partial charge on any atom is 0.240 e. The van der Waals surface area contributed by atoms with E-state index in [1.807, 2.05) is 6.92 Å². The molecule has 3 nitrogen and oxygen atoms in total. The molecule has 0 unspecified atom stereocenters. The predicted molar refractivity (Wildman–Crippen MR) is 56.2 cm³/mol. The van der Waals surface area contributed by atoms with E-state index in [4.69, 9.17) is 12.2 Å². The van der Waals surface area contributed by atoms with Crippen molar-refractivity contribution in [2.45, 2.75) is 32.6 Å². The number of amides is 2. The first-order valence-corrected chi connectivity index (χ1v) is 5.40. The lowest BCUT2D eigenvalue weighted by Gasteiger charge is -2.11. The maximum absolute atomic E-state index is 11.1. The number of rotatable bonds is 3. The molecule has 1 fully saturated rings. The Morgan fingerprint density at radius 2 is 2.00 bits per heavy atom. The van der Waals surface area contributed by atoms with E-state index in [1.165, 1.54) is 4.31 Å². The molecule has 2 amide bonds. The van der Waals surface area contributed by atoms with Crippen LogP contribution in [0, 0.1) is 0 Å². The lowest BCUT2D eigenvalue weighted by molar-refractivity contribution is -0.131. The van der Waals surface area contributed by atoms with Crippen LogP contribution in [0.15, 0.2) is 0 Å². The van der Waals surface area contributed by atoms with Crippen molar-refractivity contribution in [1.29, 1.82) is 0 Å². The monoisotopic (exact) mass is 217 g/mol. The van der Waals surface area contributed by atoms with Gasteiger partial charge in [-0.25, -0.2) is 4.31 Å². The van der Waals surface area contributed by atoms with Gasteiger partial charge in [-0.3, -0.25) is 9.59 Å². The Hall–Kier alpha value is -0.420. The summed E-state index contributed by atoms with van der Waals surface area (Å²) < 4.78 is 1.91. The van der Waals surface area contributed by atoms with Crippen molar-refractivity contribution in [3.8, 4) is 0 Å². The van der Waals surface area contributed by atoms with E-state index >= 15 is 0 Å². The molecule has 1 aliphatic heterocycles. The molecule has 0 atom stereocenters. The summed E-state index contributed by atoms with van der Waals surface area (Å²) in [6.07, 6.45) is 2.39. The molecule has 0 aromatic heterocycles. The summed E-state index contributed by atoms with van der Waals surface area (Å²) in [5, 5.41) is 0. The minimum Gasteiger partial charge on any atom is -0.273 e. The third kappa shape index (κ3) is 2.77. The van der Waals surface area contributed by atoms with Crippen molar-refractivity contribution in [3.63, 3.8) is 0 Å². The van der Waals surface area contributed by atoms with Gasteiger partial charge in [-0.15, -0.1) is 0 Å². The Balaban J connectivity index is 2.48. The van der Waals surface area contributed by atoms with E-state index in [9.17, 15) is 9.59 Å². The zero-order valence-corrected chi connectivity index (χ0v) is 9.04. The van der Waals surface area contributed by atoms with Gasteiger partial charge in [0.25, 0.3) is 0 Å². The molecule has 0 aliphatic carbocycles. The van der Waals surface area contributed by atoms with Gasteiger partial charge >= 0.3 is 0 Å². The van der Waals surface area contributed by atoms with Crippen LogP contribution in [0.3, 0.4) is 0 Å². The van der Waals surface area contributed by atoms with Crippen molar-refractivity contribution in [2.24, 2.45) is 0 Å². The highest BCUT2D eigenvalue weighted by Gasteiger charge is 2.30. The molecule has 0 bridgehead atoms. The molecule has 1 aliphatic rings. The van der Waals surface area contributed by atoms with E-state index in [1.54, 1.807) is 0 Å². The fourth-order valence-electron chi connectivity index (χ4n) is 1.01. The van der Waals surface area contributed by atoms with E-state index in [0.29, 0.717) is 17.0 Å². The Labute approximate surface area is 87.0 Å². The van der Waals surface area contributed by atoms with Crippen molar-refractivity contribution in [3.05, 3.63) is 0 Å². The second kappa shape index (κ2) is 4.72. The summed E-state index contributed by atoms with van der Waals surface area (Å²) in [5.74, 6) is -0.234.